The lowest BCUT2D eigenvalue weighted by molar-refractivity contribution is -0.0946. The Labute approximate surface area is 175 Å². The molecule has 1 saturated heterocycles. The van der Waals surface area contributed by atoms with Crippen molar-refractivity contribution in [3.63, 3.8) is 0 Å². The normalized spacial score (nSPS) is 21.0. The van der Waals surface area contributed by atoms with Crippen LogP contribution in [-0.2, 0) is 11.2 Å². The third-order valence-corrected chi connectivity index (χ3v) is 5.34. The minimum absolute atomic E-state index is 0.00721. The first-order valence-corrected chi connectivity index (χ1v) is 10.3. The molecule has 1 fully saturated rings. The maximum atomic E-state index is 5.87. The average molecular weight is 407 g/mol. The minimum Gasteiger partial charge on any atom is -0.493 e. The molecule has 2 rings (SSSR count). The molecule has 0 spiro atoms. The predicted octanol–water partition coefficient (Wildman–Crippen LogP) is 2.30. The molecule has 0 radical (unpaired) electrons. The Kier molecular flexibility index (Phi) is 8.59. The van der Waals surface area contributed by atoms with Gasteiger partial charge in [0.05, 0.1) is 26.4 Å². The highest BCUT2D eigenvalue weighted by molar-refractivity contribution is 5.79. The van der Waals surface area contributed by atoms with Crippen molar-refractivity contribution in [3.8, 4) is 11.5 Å². The molecule has 1 aromatic carbocycles. The molecule has 1 heterocycles. The summed E-state index contributed by atoms with van der Waals surface area (Å²) in [5.74, 6) is 2.31. The monoisotopic (exact) mass is 406 g/mol. The van der Waals surface area contributed by atoms with Crippen molar-refractivity contribution >= 4 is 5.96 Å². The van der Waals surface area contributed by atoms with Gasteiger partial charge in [-0.15, -0.1) is 0 Å². The maximum absolute atomic E-state index is 5.87. The highest BCUT2D eigenvalue weighted by Crippen LogP contribution is 2.27. The van der Waals surface area contributed by atoms with Gasteiger partial charge in [-0.1, -0.05) is 6.07 Å². The molecule has 7 heteroatoms. The maximum Gasteiger partial charge on any atom is 0.191 e. The molecule has 2 N–H and O–H groups in total. The van der Waals surface area contributed by atoms with Gasteiger partial charge in [-0.3, -0.25) is 9.89 Å². The van der Waals surface area contributed by atoms with Gasteiger partial charge in [0.2, 0.25) is 0 Å². The number of nitrogens with one attached hydrogen (secondary N) is 2. The van der Waals surface area contributed by atoms with E-state index in [0.717, 1.165) is 50.1 Å². The molecule has 0 aliphatic carbocycles. The van der Waals surface area contributed by atoms with Crippen LogP contribution in [0.4, 0.5) is 0 Å². The minimum atomic E-state index is 0.00721. The summed E-state index contributed by atoms with van der Waals surface area (Å²) in [5.41, 5.74) is 1.19. The van der Waals surface area contributed by atoms with Crippen LogP contribution < -0.4 is 20.1 Å². The molecular formula is C22H38N4O3. The number of morpholine rings is 1. The number of hydrogen-bond donors (Lipinski definition) is 2. The van der Waals surface area contributed by atoms with Crippen molar-refractivity contribution in [2.45, 2.75) is 51.9 Å². The summed E-state index contributed by atoms with van der Waals surface area (Å²) in [4.78, 5) is 6.86. The van der Waals surface area contributed by atoms with E-state index in [1.54, 1.807) is 21.3 Å². The van der Waals surface area contributed by atoms with Gasteiger partial charge in [0, 0.05) is 38.8 Å². The van der Waals surface area contributed by atoms with Crippen LogP contribution in [0.15, 0.2) is 23.2 Å². The van der Waals surface area contributed by atoms with E-state index in [1.165, 1.54) is 5.56 Å². The second-order valence-electron chi connectivity index (χ2n) is 8.27. The molecule has 164 valence electrons. The summed E-state index contributed by atoms with van der Waals surface area (Å²) in [6, 6.07) is 6.01. The molecule has 2 unspecified atom stereocenters. The van der Waals surface area contributed by atoms with Gasteiger partial charge in [0.15, 0.2) is 17.5 Å². The molecule has 1 aliphatic rings. The first-order valence-electron chi connectivity index (χ1n) is 10.3. The Morgan fingerprint density at radius 1 is 1.14 bits per heavy atom. The number of benzene rings is 1. The number of guanidine groups is 1. The fraction of sp³-hybridized carbons (Fsp3) is 0.682. The van der Waals surface area contributed by atoms with E-state index in [9.17, 15) is 0 Å². The standard InChI is InChI=1S/C22H38N4O3/c1-16-13-26(14-17(2)29-16)22(3,4)15-25-21(23-5)24-11-10-18-8-9-19(27-6)20(12-18)28-7/h8-9,12,16-17H,10-11,13-15H2,1-7H3,(H2,23,24,25). The zero-order valence-corrected chi connectivity index (χ0v) is 19.0. The Hall–Kier alpha value is -1.99. The lowest BCUT2D eigenvalue weighted by Gasteiger charge is -2.45. The van der Waals surface area contributed by atoms with E-state index in [-0.39, 0.29) is 17.7 Å². The van der Waals surface area contributed by atoms with Gasteiger partial charge < -0.3 is 24.8 Å². The largest absolute Gasteiger partial charge is 0.493 e. The summed E-state index contributed by atoms with van der Waals surface area (Å²) in [7, 11) is 5.11. The van der Waals surface area contributed by atoms with E-state index in [0.29, 0.717) is 0 Å². The Bertz CT molecular complexity index is 668. The van der Waals surface area contributed by atoms with Crippen LogP contribution in [0.5, 0.6) is 11.5 Å². The second-order valence-corrected chi connectivity index (χ2v) is 8.27. The van der Waals surface area contributed by atoms with Crippen molar-refractivity contribution < 1.29 is 14.2 Å². The summed E-state index contributed by atoms with van der Waals surface area (Å²) in [6.45, 7) is 12.3. The SMILES string of the molecule is CN=C(NCCc1ccc(OC)c(OC)c1)NCC(C)(C)N1CC(C)OC(C)C1. The average Bonchev–Trinajstić information content (AvgIpc) is 2.69. The van der Waals surface area contributed by atoms with E-state index in [1.807, 2.05) is 12.1 Å². The van der Waals surface area contributed by atoms with Crippen molar-refractivity contribution in [1.29, 1.82) is 0 Å². The summed E-state index contributed by atoms with van der Waals surface area (Å²) >= 11 is 0. The molecule has 0 saturated carbocycles. The molecular weight excluding hydrogens is 368 g/mol. The molecule has 1 aromatic rings. The van der Waals surface area contributed by atoms with Crippen LogP contribution in [0.3, 0.4) is 0 Å². The summed E-state index contributed by atoms with van der Waals surface area (Å²) in [5, 5.41) is 6.88. The fourth-order valence-corrected chi connectivity index (χ4v) is 3.67. The molecule has 2 atom stereocenters. The van der Waals surface area contributed by atoms with E-state index in [2.05, 4.69) is 54.3 Å². The van der Waals surface area contributed by atoms with Crippen LogP contribution in [0.1, 0.15) is 33.3 Å². The van der Waals surface area contributed by atoms with E-state index in [4.69, 9.17) is 14.2 Å². The number of nitrogens with zero attached hydrogens (tertiary/aromatic N) is 2. The van der Waals surface area contributed by atoms with E-state index < -0.39 is 0 Å². The van der Waals surface area contributed by atoms with Gasteiger partial charge in [0.1, 0.15) is 0 Å². The number of rotatable bonds is 8. The van der Waals surface area contributed by atoms with Gasteiger partial charge in [-0.05, 0) is 51.8 Å². The number of aliphatic imine (C=N–C) groups is 1. The Morgan fingerprint density at radius 2 is 1.79 bits per heavy atom. The molecule has 7 nitrogen and oxygen atoms in total. The fourth-order valence-electron chi connectivity index (χ4n) is 3.67. The second kappa shape index (κ2) is 10.7. The highest BCUT2D eigenvalue weighted by Gasteiger charge is 2.33. The lowest BCUT2D eigenvalue weighted by Crippen LogP contribution is -2.59. The van der Waals surface area contributed by atoms with Gasteiger partial charge in [-0.2, -0.15) is 0 Å². The van der Waals surface area contributed by atoms with Crippen molar-refractivity contribution in [3.05, 3.63) is 23.8 Å². The molecule has 1 aliphatic heterocycles. The smallest absolute Gasteiger partial charge is 0.191 e. The first-order chi connectivity index (χ1) is 13.8. The topological polar surface area (TPSA) is 67.4 Å². The molecule has 29 heavy (non-hydrogen) atoms. The molecule has 0 bridgehead atoms. The van der Waals surface area contributed by atoms with Crippen LogP contribution in [-0.4, -0.2) is 76.1 Å². The molecule has 0 aromatic heterocycles. The highest BCUT2D eigenvalue weighted by atomic mass is 16.5. The van der Waals surface area contributed by atoms with Crippen LogP contribution in [0.2, 0.25) is 0 Å². The quantitative estimate of drug-likeness (QED) is 0.510. The molecule has 0 amide bonds. The third kappa shape index (κ3) is 6.78. The van der Waals surface area contributed by atoms with Crippen LogP contribution in [0.25, 0.3) is 0 Å². The predicted molar refractivity (Wildman–Crippen MR) is 118 cm³/mol. The number of methoxy groups -OCH3 is 2. The van der Waals surface area contributed by atoms with Gasteiger partial charge in [0.25, 0.3) is 0 Å². The first kappa shape index (κ1) is 23.3. The van der Waals surface area contributed by atoms with Crippen molar-refractivity contribution in [2.24, 2.45) is 4.99 Å². The summed E-state index contributed by atoms with van der Waals surface area (Å²) in [6.07, 6.45) is 1.39. The Balaban J connectivity index is 1.83. The zero-order valence-electron chi connectivity index (χ0n) is 19.0. The zero-order chi connectivity index (χ0) is 21.4. The van der Waals surface area contributed by atoms with Gasteiger partial charge >= 0.3 is 0 Å². The lowest BCUT2D eigenvalue weighted by atomic mass is 10.00. The Morgan fingerprint density at radius 3 is 2.38 bits per heavy atom. The van der Waals surface area contributed by atoms with Crippen LogP contribution >= 0.6 is 0 Å². The van der Waals surface area contributed by atoms with Crippen molar-refractivity contribution in [1.82, 2.24) is 15.5 Å². The van der Waals surface area contributed by atoms with Crippen LogP contribution in [0, 0.1) is 0 Å². The van der Waals surface area contributed by atoms with Crippen molar-refractivity contribution in [2.75, 3.05) is 47.4 Å². The third-order valence-electron chi connectivity index (χ3n) is 5.34. The van der Waals surface area contributed by atoms with Gasteiger partial charge in [-0.25, -0.2) is 0 Å². The van der Waals surface area contributed by atoms with E-state index >= 15 is 0 Å². The number of hydrogen-bond acceptors (Lipinski definition) is 5. The number of ether oxygens (including phenoxy) is 3. The summed E-state index contributed by atoms with van der Waals surface area (Å²) < 4.78 is 16.5.